The minimum absolute atomic E-state index is 0. The lowest BCUT2D eigenvalue weighted by Gasteiger charge is -2.27. The number of nitrogens with zero attached hydrogens (tertiary/aromatic N) is 5. The van der Waals surface area contributed by atoms with Crippen molar-refractivity contribution in [1.82, 2.24) is 25.0 Å². The van der Waals surface area contributed by atoms with E-state index in [0.29, 0.717) is 5.92 Å². The van der Waals surface area contributed by atoms with Crippen molar-refractivity contribution < 1.29 is 0 Å². The number of nitrogens with one attached hydrogen (secondary N) is 1. The Bertz CT molecular complexity index is 728. The van der Waals surface area contributed by atoms with Gasteiger partial charge in [-0.2, -0.15) is 0 Å². The van der Waals surface area contributed by atoms with Gasteiger partial charge in [0.15, 0.2) is 5.96 Å². The van der Waals surface area contributed by atoms with Gasteiger partial charge in [0.2, 0.25) is 0 Å². The van der Waals surface area contributed by atoms with Crippen LogP contribution in [0.1, 0.15) is 22.9 Å². The molecule has 0 radical (unpaired) electrons. The minimum Gasteiger partial charge on any atom is -0.356 e. The molecule has 0 spiro atoms. The van der Waals surface area contributed by atoms with Crippen LogP contribution in [0.2, 0.25) is 4.34 Å². The Hall–Kier alpha value is -0.870. The molecule has 2 aromatic rings. The third kappa shape index (κ3) is 5.07. The summed E-state index contributed by atoms with van der Waals surface area (Å²) in [6.45, 7) is 4.70. The number of halogens is 2. The Morgan fingerprint density at radius 3 is 2.96 bits per heavy atom. The van der Waals surface area contributed by atoms with Gasteiger partial charge in [0.1, 0.15) is 11.6 Å². The smallest absolute Gasteiger partial charge is 0.193 e. The molecule has 0 aromatic carbocycles. The monoisotopic (exact) mass is 494 g/mol. The summed E-state index contributed by atoms with van der Waals surface area (Å²) in [5, 5.41) is 11.9. The fourth-order valence-electron chi connectivity index (χ4n) is 3.06. The molecule has 1 aliphatic heterocycles. The van der Waals surface area contributed by atoms with Crippen LogP contribution >= 0.6 is 46.9 Å². The van der Waals surface area contributed by atoms with Crippen LogP contribution < -0.4 is 5.32 Å². The summed E-state index contributed by atoms with van der Waals surface area (Å²) < 4.78 is 3.05. The highest BCUT2D eigenvalue weighted by Gasteiger charge is 2.22. The molecular formula is C16H24ClIN6S. The highest BCUT2D eigenvalue weighted by Crippen LogP contribution is 2.22. The van der Waals surface area contributed by atoms with E-state index >= 15 is 0 Å². The summed E-state index contributed by atoms with van der Waals surface area (Å²) in [6, 6.07) is 4.00. The summed E-state index contributed by atoms with van der Waals surface area (Å²) in [5.41, 5.74) is 0. The van der Waals surface area contributed by atoms with Crippen LogP contribution in [0.25, 0.3) is 0 Å². The molecular weight excluding hydrogens is 471 g/mol. The van der Waals surface area contributed by atoms with Crippen molar-refractivity contribution in [1.29, 1.82) is 0 Å². The first-order valence-corrected chi connectivity index (χ1v) is 9.31. The lowest BCUT2D eigenvalue weighted by Crippen LogP contribution is -2.42. The van der Waals surface area contributed by atoms with Gasteiger partial charge in [-0.3, -0.25) is 4.99 Å². The Labute approximate surface area is 174 Å². The molecule has 0 saturated carbocycles. The van der Waals surface area contributed by atoms with E-state index in [2.05, 4.69) is 36.0 Å². The van der Waals surface area contributed by atoms with Gasteiger partial charge in [-0.25, -0.2) is 0 Å². The second kappa shape index (κ2) is 9.18. The number of aromatic nitrogens is 3. The fraction of sp³-hybridized carbons (Fsp3) is 0.562. The average molecular weight is 495 g/mol. The van der Waals surface area contributed by atoms with Gasteiger partial charge in [0.25, 0.3) is 0 Å². The molecule has 1 atom stereocenters. The zero-order chi connectivity index (χ0) is 17.1. The van der Waals surface area contributed by atoms with E-state index < -0.39 is 0 Å². The predicted octanol–water partition coefficient (Wildman–Crippen LogP) is 3.19. The number of hydrogen-bond acceptors (Lipinski definition) is 4. The van der Waals surface area contributed by atoms with Crippen LogP contribution in [-0.2, 0) is 19.5 Å². The maximum Gasteiger partial charge on any atom is 0.193 e. The van der Waals surface area contributed by atoms with Gasteiger partial charge in [-0.15, -0.1) is 45.5 Å². The number of aryl methyl sites for hydroxylation is 2. The molecule has 3 heterocycles. The van der Waals surface area contributed by atoms with Gasteiger partial charge in [0.05, 0.1) is 10.9 Å². The first kappa shape index (κ1) is 20.4. The lowest BCUT2D eigenvalue weighted by molar-refractivity contribution is 0.352. The summed E-state index contributed by atoms with van der Waals surface area (Å²) >= 11 is 7.61. The second-order valence-electron chi connectivity index (χ2n) is 6.17. The zero-order valence-corrected chi connectivity index (χ0v) is 18.6. The molecule has 25 heavy (non-hydrogen) atoms. The van der Waals surface area contributed by atoms with E-state index in [1.807, 2.05) is 27.1 Å². The van der Waals surface area contributed by atoms with Crippen molar-refractivity contribution in [2.45, 2.75) is 32.9 Å². The normalized spacial score (nSPS) is 17.0. The number of rotatable bonds is 4. The second-order valence-corrected chi connectivity index (χ2v) is 7.97. The Morgan fingerprint density at radius 2 is 2.28 bits per heavy atom. The third-order valence-corrected chi connectivity index (χ3v) is 5.59. The van der Waals surface area contributed by atoms with Crippen molar-refractivity contribution in [2.24, 2.45) is 10.9 Å². The van der Waals surface area contributed by atoms with Crippen LogP contribution in [0, 0.1) is 12.8 Å². The molecule has 2 aromatic heterocycles. The number of thiophene rings is 1. The molecule has 1 aliphatic rings. The van der Waals surface area contributed by atoms with Crippen LogP contribution in [-0.4, -0.2) is 46.3 Å². The quantitative estimate of drug-likeness (QED) is 0.403. The van der Waals surface area contributed by atoms with Gasteiger partial charge < -0.3 is 14.8 Å². The number of fused-ring (bicyclic) bond motifs is 1. The SMILES string of the molecule is CN=C(NCC1CCc2nnc(C)n2C1)N(C)Cc1ccc(Cl)s1.I. The topological polar surface area (TPSA) is 58.3 Å². The van der Waals surface area contributed by atoms with Gasteiger partial charge in [-0.1, -0.05) is 11.6 Å². The van der Waals surface area contributed by atoms with E-state index in [9.17, 15) is 0 Å². The molecule has 0 saturated heterocycles. The zero-order valence-electron chi connectivity index (χ0n) is 14.7. The molecule has 3 rings (SSSR count). The van der Waals surface area contributed by atoms with Gasteiger partial charge >= 0.3 is 0 Å². The number of aliphatic imine (C=N–C) groups is 1. The molecule has 6 nitrogen and oxygen atoms in total. The molecule has 9 heteroatoms. The molecule has 0 amide bonds. The molecule has 0 fully saturated rings. The summed E-state index contributed by atoms with van der Waals surface area (Å²) in [4.78, 5) is 7.75. The molecule has 0 bridgehead atoms. The van der Waals surface area contributed by atoms with Gasteiger partial charge in [-0.05, 0) is 31.4 Å². The number of guanidine groups is 1. The van der Waals surface area contributed by atoms with Crippen LogP contribution in [0.3, 0.4) is 0 Å². The van der Waals surface area contributed by atoms with Crippen molar-refractivity contribution >= 4 is 52.9 Å². The Morgan fingerprint density at radius 1 is 1.48 bits per heavy atom. The average Bonchev–Trinajstić information content (AvgIpc) is 3.14. The Balaban J connectivity index is 0.00000225. The standard InChI is InChI=1S/C16H23ClN6S.HI/c1-11-20-21-15-7-4-12(9-23(11)15)8-19-16(18-2)22(3)10-13-5-6-14(17)24-13;/h5-6,12H,4,7-10H2,1-3H3,(H,18,19);1H. The van der Waals surface area contributed by atoms with Crippen molar-refractivity contribution in [3.05, 3.63) is 33.0 Å². The lowest BCUT2D eigenvalue weighted by atomic mass is 9.99. The summed E-state index contributed by atoms with van der Waals surface area (Å²) in [7, 11) is 3.87. The van der Waals surface area contributed by atoms with Gasteiger partial charge in [0, 0.05) is 38.5 Å². The van der Waals surface area contributed by atoms with Crippen LogP contribution in [0.5, 0.6) is 0 Å². The van der Waals surface area contributed by atoms with E-state index in [1.165, 1.54) is 4.88 Å². The molecule has 138 valence electrons. The molecule has 0 aliphatic carbocycles. The Kier molecular flexibility index (Phi) is 7.51. The third-order valence-electron chi connectivity index (χ3n) is 4.37. The van der Waals surface area contributed by atoms with Crippen LogP contribution in [0.15, 0.2) is 17.1 Å². The first-order chi connectivity index (χ1) is 11.6. The largest absolute Gasteiger partial charge is 0.356 e. The van der Waals surface area contributed by atoms with E-state index in [-0.39, 0.29) is 24.0 Å². The predicted molar refractivity (Wildman–Crippen MR) is 114 cm³/mol. The van der Waals surface area contributed by atoms with Crippen molar-refractivity contribution in [2.75, 3.05) is 20.6 Å². The van der Waals surface area contributed by atoms with Crippen molar-refractivity contribution in [3.63, 3.8) is 0 Å². The molecule has 1 N–H and O–H groups in total. The minimum atomic E-state index is 0. The highest BCUT2D eigenvalue weighted by atomic mass is 127. The fourth-order valence-corrected chi connectivity index (χ4v) is 4.20. The van der Waals surface area contributed by atoms with E-state index in [4.69, 9.17) is 11.6 Å². The maximum absolute atomic E-state index is 6.01. The van der Waals surface area contributed by atoms with E-state index in [0.717, 1.165) is 54.4 Å². The van der Waals surface area contributed by atoms with Crippen molar-refractivity contribution in [3.8, 4) is 0 Å². The highest BCUT2D eigenvalue weighted by molar-refractivity contribution is 14.0. The summed E-state index contributed by atoms with van der Waals surface area (Å²) in [5.74, 6) is 3.59. The first-order valence-electron chi connectivity index (χ1n) is 8.11. The summed E-state index contributed by atoms with van der Waals surface area (Å²) in [6.07, 6.45) is 2.13. The van der Waals surface area contributed by atoms with E-state index in [1.54, 1.807) is 11.3 Å². The number of hydrogen-bond donors (Lipinski definition) is 1. The molecule has 1 unspecified atom stereocenters. The maximum atomic E-state index is 6.01. The van der Waals surface area contributed by atoms with Crippen LogP contribution in [0.4, 0.5) is 0 Å².